The van der Waals surface area contributed by atoms with Crippen LogP contribution >= 0.6 is 0 Å². The number of carbonyl (C=O) groups is 1. The highest BCUT2D eigenvalue weighted by atomic mass is 19.4. The molecule has 2 N–H and O–H groups in total. The molecule has 5 nitrogen and oxygen atoms in total. The molecule has 0 bridgehead atoms. The van der Waals surface area contributed by atoms with Crippen molar-refractivity contribution in [3.05, 3.63) is 35.2 Å². The third kappa shape index (κ3) is 4.39. The minimum atomic E-state index is -4.18. The molecule has 0 aromatic heterocycles. The molecule has 0 amide bonds. The minimum absolute atomic E-state index is 0.127. The Kier molecular flexibility index (Phi) is 5.39. The molecule has 1 unspecified atom stereocenters. The van der Waals surface area contributed by atoms with Crippen LogP contribution in [0.4, 0.5) is 13.2 Å². The summed E-state index contributed by atoms with van der Waals surface area (Å²) in [6.45, 7) is 8.18. The topological polar surface area (TPSA) is 55.8 Å². The lowest BCUT2D eigenvalue weighted by Gasteiger charge is -2.40. The summed E-state index contributed by atoms with van der Waals surface area (Å²) in [6.07, 6.45) is -2.70. The Bertz CT molecular complexity index is 588. The highest BCUT2D eigenvalue weighted by molar-refractivity contribution is 5.93. The van der Waals surface area contributed by atoms with Gasteiger partial charge in [-0.05, 0) is 25.5 Å². The summed E-state index contributed by atoms with van der Waals surface area (Å²) in [5.41, 5.74) is 2.05. The van der Waals surface area contributed by atoms with E-state index in [2.05, 4.69) is 16.8 Å². The number of rotatable bonds is 4. The molecule has 134 valence electrons. The first-order valence-electron chi connectivity index (χ1n) is 7.73. The van der Waals surface area contributed by atoms with Gasteiger partial charge in [0.25, 0.3) is 0 Å². The number of halogens is 3. The van der Waals surface area contributed by atoms with Crippen molar-refractivity contribution in [2.75, 3.05) is 32.7 Å². The zero-order chi connectivity index (χ0) is 18.1. The van der Waals surface area contributed by atoms with Crippen molar-refractivity contribution in [3.63, 3.8) is 0 Å². The van der Waals surface area contributed by atoms with Gasteiger partial charge in [0, 0.05) is 43.6 Å². The first-order chi connectivity index (χ1) is 11.1. The molecule has 0 aliphatic carbocycles. The van der Waals surface area contributed by atoms with Gasteiger partial charge in [0.2, 0.25) is 0 Å². The molecule has 2 aliphatic rings. The number of hydrogen-bond acceptors (Lipinski definition) is 4. The van der Waals surface area contributed by atoms with Gasteiger partial charge in [-0.15, -0.1) is 0 Å². The van der Waals surface area contributed by atoms with Crippen molar-refractivity contribution in [3.8, 4) is 0 Å². The maximum atomic E-state index is 12.5. The quantitative estimate of drug-likeness (QED) is 0.816. The number of nitrogens with zero attached hydrogens (tertiary/aromatic N) is 2. The summed E-state index contributed by atoms with van der Waals surface area (Å²) >= 11 is 0. The van der Waals surface area contributed by atoms with Gasteiger partial charge in [0.15, 0.2) is 0 Å². The zero-order valence-electron chi connectivity index (χ0n) is 13.8. The van der Waals surface area contributed by atoms with Gasteiger partial charge in [-0.2, -0.15) is 13.2 Å². The van der Waals surface area contributed by atoms with Crippen LogP contribution in [0.5, 0.6) is 0 Å². The van der Waals surface area contributed by atoms with Crippen LogP contribution in [0.25, 0.3) is 0 Å². The predicted molar refractivity (Wildman–Crippen MR) is 84.2 cm³/mol. The van der Waals surface area contributed by atoms with E-state index in [-0.39, 0.29) is 11.6 Å². The van der Waals surface area contributed by atoms with E-state index in [1.54, 1.807) is 6.92 Å². The smallest absolute Gasteiger partial charge is 0.401 e. The summed E-state index contributed by atoms with van der Waals surface area (Å²) in [4.78, 5) is 14.8. The number of piperazine rings is 1. The molecule has 2 rings (SSSR count). The summed E-state index contributed by atoms with van der Waals surface area (Å²) in [6, 6.07) is -0.127. The van der Waals surface area contributed by atoms with Gasteiger partial charge in [-0.3, -0.25) is 9.80 Å². The van der Waals surface area contributed by atoms with Crippen LogP contribution < -0.4 is 5.32 Å². The maximum absolute atomic E-state index is 12.5. The molecular formula is C16H22F3N3O2. The predicted octanol–water partition coefficient (Wildman–Crippen LogP) is 1.96. The van der Waals surface area contributed by atoms with Gasteiger partial charge < -0.3 is 10.4 Å². The second-order valence-electron chi connectivity index (χ2n) is 6.16. The highest BCUT2D eigenvalue weighted by Gasteiger charge is 2.34. The summed E-state index contributed by atoms with van der Waals surface area (Å²) in [5, 5.41) is 12.4. The number of dihydropyridines is 1. The molecule has 2 aliphatic heterocycles. The van der Waals surface area contributed by atoms with Gasteiger partial charge in [0.1, 0.15) is 0 Å². The molecule has 0 spiro atoms. The fourth-order valence-corrected chi connectivity index (χ4v) is 3.12. The molecule has 2 heterocycles. The Balaban J connectivity index is 2.06. The van der Waals surface area contributed by atoms with Gasteiger partial charge in [-0.25, -0.2) is 4.79 Å². The number of alkyl halides is 3. The van der Waals surface area contributed by atoms with E-state index < -0.39 is 18.7 Å². The van der Waals surface area contributed by atoms with Crippen LogP contribution in [0, 0.1) is 0 Å². The van der Waals surface area contributed by atoms with Crippen LogP contribution in [0.1, 0.15) is 13.8 Å². The van der Waals surface area contributed by atoms with E-state index >= 15 is 0 Å². The second kappa shape index (κ2) is 6.98. The molecule has 0 aromatic carbocycles. The zero-order valence-corrected chi connectivity index (χ0v) is 13.8. The Morgan fingerprint density at radius 1 is 1.38 bits per heavy atom. The van der Waals surface area contributed by atoms with E-state index in [1.807, 2.05) is 6.92 Å². The standard InChI is InChI=1S/C16H22F3N3O2/c1-10-8-13(15(23)24)11(2)14(20-10)12(3)22-6-4-21(5-7-22)9-16(17,18)19/h8,12,20H,1,4-7,9H2,2-3H3,(H,23,24). The van der Waals surface area contributed by atoms with E-state index in [0.29, 0.717) is 37.4 Å². The molecule has 8 heteroatoms. The molecular weight excluding hydrogens is 323 g/mol. The van der Waals surface area contributed by atoms with E-state index in [4.69, 9.17) is 0 Å². The fourth-order valence-electron chi connectivity index (χ4n) is 3.12. The highest BCUT2D eigenvalue weighted by Crippen LogP contribution is 2.26. The Morgan fingerprint density at radius 2 is 1.96 bits per heavy atom. The average molecular weight is 345 g/mol. The number of hydrogen-bond donors (Lipinski definition) is 2. The van der Waals surface area contributed by atoms with Crippen molar-refractivity contribution >= 4 is 5.97 Å². The van der Waals surface area contributed by atoms with Crippen molar-refractivity contribution < 1.29 is 23.1 Å². The first-order valence-corrected chi connectivity index (χ1v) is 7.73. The molecule has 1 atom stereocenters. The van der Waals surface area contributed by atoms with Gasteiger partial charge in [0.05, 0.1) is 12.1 Å². The number of aliphatic carboxylic acids is 1. The lowest BCUT2D eigenvalue weighted by Crippen LogP contribution is -2.53. The number of nitrogens with one attached hydrogen (secondary N) is 1. The number of allylic oxidation sites excluding steroid dienone is 1. The third-order valence-corrected chi connectivity index (χ3v) is 4.43. The van der Waals surface area contributed by atoms with E-state index in [1.165, 1.54) is 11.0 Å². The van der Waals surface area contributed by atoms with Crippen LogP contribution in [0.2, 0.25) is 0 Å². The molecule has 1 fully saturated rings. The van der Waals surface area contributed by atoms with Crippen molar-refractivity contribution in [2.24, 2.45) is 0 Å². The molecule has 0 radical (unpaired) electrons. The van der Waals surface area contributed by atoms with Crippen LogP contribution in [-0.4, -0.2) is 65.8 Å². The fraction of sp³-hybridized carbons (Fsp3) is 0.562. The molecule has 1 saturated heterocycles. The Hall–Kier alpha value is -1.80. The van der Waals surface area contributed by atoms with Crippen LogP contribution in [0.3, 0.4) is 0 Å². The van der Waals surface area contributed by atoms with E-state index in [0.717, 1.165) is 5.70 Å². The normalized spacial score (nSPS) is 22.2. The monoisotopic (exact) mass is 345 g/mol. The molecule has 0 saturated carbocycles. The first kappa shape index (κ1) is 18.5. The largest absolute Gasteiger partial charge is 0.478 e. The second-order valence-corrected chi connectivity index (χ2v) is 6.16. The van der Waals surface area contributed by atoms with Gasteiger partial charge in [-0.1, -0.05) is 6.58 Å². The lowest BCUT2D eigenvalue weighted by atomic mass is 9.96. The summed E-state index contributed by atoms with van der Waals surface area (Å²) in [7, 11) is 0. The van der Waals surface area contributed by atoms with Crippen LogP contribution in [0.15, 0.2) is 35.2 Å². The number of carboxylic acid groups (broad SMARTS) is 1. The molecule has 24 heavy (non-hydrogen) atoms. The Labute approximate surface area is 139 Å². The molecule has 0 aromatic rings. The SMILES string of the molecule is C=C1C=C(C(=O)O)C(C)=C(C(C)N2CCN(CC(F)(F)F)CC2)N1. The van der Waals surface area contributed by atoms with Crippen LogP contribution in [-0.2, 0) is 4.79 Å². The van der Waals surface area contributed by atoms with Gasteiger partial charge >= 0.3 is 12.1 Å². The van der Waals surface area contributed by atoms with Crippen molar-refractivity contribution in [2.45, 2.75) is 26.1 Å². The lowest BCUT2D eigenvalue weighted by molar-refractivity contribution is -0.149. The average Bonchev–Trinajstić information content (AvgIpc) is 2.47. The Morgan fingerprint density at radius 3 is 2.46 bits per heavy atom. The third-order valence-electron chi connectivity index (χ3n) is 4.43. The minimum Gasteiger partial charge on any atom is -0.478 e. The van der Waals surface area contributed by atoms with E-state index in [9.17, 15) is 23.1 Å². The van der Waals surface area contributed by atoms with Crippen molar-refractivity contribution in [1.82, 2.24) is 15.1 Å². The number of carboxylic acids is 1. The van der Waals surface area contributed by atoms with Crippen molar-refractivity contribution in [1.29, 1.82) is 0 Å². The summed E-state index contributed by atoms with van der Waals surface area (Å²) in [5.74, 6) is -1.02. The summed E-state index contributed by atoms with van der Waals surface area (Å²) < 4.78 is 37.4. The maximum Gasteiger partial charge on any atom is 0.401 e.